The maximum Gasteiger partial charge on any atom is 0.573 e. The highest BCUT2D eigenvalue weighted by Crippen LogP contribution is 2.31. The van der Waals surface area contributed by atoms with Crippen LogP contribution in [-0.4, -0.2) is 11.5 Å². The molecule has 0 saturated heterocycles. The van der Waals surface area contributed by atoms with Gasteiger partial charge in [0.2, 0.25) is 0 Å². The van der Waals surface area contributed by atoms with Crippen LogP contribution in [0, 0.1) is 0 Å². The molecule has 0 aliphatic carbocycles. The van der Waals surface area contributed by atoms with Gasteiger partial charge in [0.05, 0.1) is 6.61 Å². The van der Waals surface area contributed by atoms with Gasteiger partial charge in [0.15, 0.2) is 0 Å². The van der Waals surface area contributed by atoms with Gasteiger partial charge in [-0.2, -0.15) is 0 Å². The fourth-order valence-corrected chi connectivity index (χ4v) is 1.37. The predicted molar refractivity (Wildman–Crippen MR) is 64.5 cm³/mol. The third-order valence-electron chi connectivity index (χ3n) is 2.10. The number of aliphatic hydroxyl groups is 1. The Morgan fingerprint density at radius 3 is 2.17 bits per heavy atom. The van der Waals surface area contributed by atoms with Gasteiger partial charge in [-0.1, -0.05) is 33.8 Å². The molecular formula is C13H19F3O2. The smallest absolute Gasteiger partial charge is 0.405 e. The molecule has 1 aromatic rings. The van der Waals surface area contributed by atoms with E-state index in [1.807, 2.05) is 13.8 Å². The fourth-order valence-electron chi connectivity index (χ4n) is 1.37. The topological polar surface area (TPSA) is 29.5 Å². The predicted octanol–water partition coefficient (Wildman–Crippen LogP) is 4.23. The van der Waals surface area contributed by atoms with E-state index in [0.29, 0.717) is 11.1 Å². The van der Waals surface area contributed by atoms with Gasteiger partial charge in [-0.15, -0.1) is 13.2 Å². The van der Waals surface area contributed by atoms with Crippen LogP contribution in [0.3, 0.4) is 0 Å². The van der Waals surface area contributed by atoms with E-state index in [1.165, 1.54) is 18.2 Å². The van der Waals surface area contributed by atoms with Crippen molar-refractivity contribution in [2.75, 3.05) is 0 Å². The largest absolute Gasteiger partial charge is 0.573 e. The van der Waals surface area contributed by atoms with Crippen molar-refractivity contribution in [3.8, 4) is 5.75 Å². The molecule has 0 bridgehead atoms. The molecule has 0 aromatic heterocycles. The number of rotatable bonds is 3. The van der Waals surface area contributed by atoms with Gasteiger partial charge in [-0.05, 0) is 29.2 Å². The lowest BCUT2D eigenvalue weighted by Gasteiger charge is -2.16. The summed E-state index contributed by atoms with van der Waals surface area (Å²) in [7, 11) is 0. The molecule has 1 aromatic carbocycles. The molecular weight excluding hydrogens is 245 g/mol. The molecule has 0 spiro atoms. The number of aliphatic hydroxyl groups excluding tert-OH is 1. The molecule has 0 unspecified atom stereocenters. The molecule has 0 amide bonds. The van der Waals surface area contributed by atoms with Gasteiger partial charge in [0, 0.05) is 0 Å². The monoisotopic (exact) mass is 264 g/mol. The number of hydrogen-bond acceptors (Lipinski definition) is 2. The van der Waals surface area contributed by atoms with Crippen LogP contribution in [0.2, 0.25) is 0 Å². The van der Waals surface area contributed by atoms with Gasteiger partial charge >= 0.3 is 6.36 Å². The van der Waals surface area contributed by atoms with E-state index in [9.17, 15) is 13.2 Å². The molecule has 5 heteroatoms. The van der Waals surface area contributed by atoms with Crippen LogP contribution in [-0.2, 0) is 6.61 Å². The van der Waals surface area contributed by atoms with Crippen LogP contribution in [0.4, 0.5) is 13.2 Å². The Morgan fingerprint density at radius 2 is 1.78 bits per heavy atom. The average Bonchev–Trinajstić information content (AvgIpc) is 2.30. The lowest BCUT2D eigenvalue weighted by atomic mass is 10.00. The first kappa shape index (κ1) is 16.8. The highest BCUT2D eigenvalue weighted by atomic mass is 19.4. The maximum atomic E-state index is 12.1. The Balaban J connectivity index is 0.00000137. The number of benzene rings is 1. The number of halogens is 3. The highest BCUT2D eigenvalue weighted by molar-refractivity contribution is 5.39. The standard InChI is InChI=1S/C11H13F3O2.C2H6/c1-7(2)9-5-8(6-15)3-4-10(9)16-11(12,13)14;1-2/h3-5,7,15H,6H2,1-2H3;1-2H3. The maximum absolute atomic E-state index is 12.1. The van der Waals surface area contributed by atoms with Crippen molar-refractivity contribution >= 4 is 0 Å². The van der Waals surface area contributed by atoms with Crippen molar-refractivity contribution in [2.45, 2.75) is 46.6 Å². The fraction of sp³-hybridized carbons (Fsp3) is 0.538. The van der Waals surface area contributed by atoms with E-state index >= 15 is 0 Å². The SMILES string of the molecule is CC.CC(C)c1cc(CO)ccc1OC(F)(F)F. The van der Waals surface area contributed by atoms with Gasteiger partial charge in [0.1, 0.15) is 5.75 Å². The zero-order chi connectivity index (χ0) is 14.3. The van der Waals surface area contributed by atoms with Crippen LogP contribution < -0.4 is 4.74 Å². The third-order valence-corrected chi connectivity index (χ3v) is 2.10. The van der Waals surface area contributed by atoms with Gasteiger partial charge < -0.3 is 9.84 Å². The van der Waals surface area contributed by atoms with Crippen molar-refractivity contribution in [3.63, 3.8) is 0 Å². The minimum Gasteiger partial charge on any atom is -0.405 e. The normalized spacial score (nSPS) is 10.9. The Bertz CT molecular complexity index is 360. The van der Waals surface area contributed by atoms with E-state index in [-0.39, 0.29) is 18.3 Å². The van der Waals surface area contributed by atoms with Crippen molar-refractivity contribution < 1.29 is 23.0 Å². The van der Waals surface area contributed by atoms with E-state index in [1.54, 1.807) is 13.8 Å². The third kappa shape index (κ3) is 5.40. The summed E-state index contributed by atoms with van der Waals surface area (Å²) in [5.74, 6) is -0.316. The number of ether oxygens (including phenoxy) is 1. The van der Waals surface area contributed by atoms with Crippen molar-refractivity contribution in [1.82, 2.24) is 0 Å². The summed E-state index contributed by atoms with van der Waals surface area (Å²) in [6.07, 6.45) is -4.69. The van der Waals surface area contributed by atoms with Gasteiger partial charge in [-0.3, -0.25) is 0 Å². The quantitative estimate of drug-likeness (QED) is 0.885. The molecule has 0 saturated carbocycles. The molecule has 18 heavy (non-hydrogen) atoms. The Hall–Kier alpha value is -1.23. The summed E-state index contributed by atoms with van der Waals surface area (Å²) >= 11 is 0. The summed E-state index contributed by atoms with van der Waals surface area (Å²) in [5.41, 5.74) is 1.00. The number of alkyl halides is 3. The van der Waals surface area contributed by atoms with Crippen molar-refractivity contribution in [1.29, 1.82) is 0 Å². The molecule has 0 fully saturated rings. The summed E-state index contributed by atoms with van der Waals surface area (Å²) in [4.78, 5) is 0. The molecule has 2 nitrogen and oxygen atoms in total. The molecule has 104 valence electrons. The van der Waals surface area contributed by atoms with E-state index < -0.39 is 6.36 Å². The van der Waals surface area contributed by atoms with E-state index in [2.05, 4.69) is 4.74 Å². The van der Waals surface area contributed by atoms with Crippen LogP contribution in [0.5, 0.6) is 5.75 Å². The van der Waals surface area contributed by atoms with E-state index in [0.717, 1.165) is 0 Å². The second kappa shape index (κ2) is 7.26. The molecule has 0 aliphatic rings. The second-order valence-corrected chi connectivity index (χ2v) is 3.73. The molecule has 0 radical (unpaired) electrons. The minimum atomic E-state index is -4.69. The first-order valence-electron chi connectivity index (χ1n) is 5.83. The summed E-state index contributed by atoms with van der Waals surface area (Å²) in [6, 6.07) is 4.16. The highest BCUT2D eigenvalue weighted by Gasteiger charge is 2.32. The average molecular weight is 264 g/mol. The first-order chi connectivity index (χ1) is 8.33. The Kier molecular flexibility index (Phi) is 6.76. The lowest BCUT2D eigenvalue weighted by Crippen LogP contribution is -2.18. The zero-order valence-electron chi connectivity index (χ0n) is 11.0. The first-order valence-corrected chi connectivity index (χ1v) is 5.83. The van der Waals surface area contributed by atoms with Crippen molar-refractivity contribution in [2.24, 2.45) is 0 Å². The summed E-state index contributed by atoms with van der Waals surface area (Å²) < 4.78 is 40.2. The van der Waals surface area contributed by atoms with E-state index in [4.69, 9.17) is 5.11 Å². The van der Waals surface area contributed by atoms with Crippen LogP contribution in [0.15, 0.2) is 18.2 Å². The summed E-state index contributed by atoms with van der Waals surface area (Å²) in [6.45, 7) is 7.32. The minimum absolute atomic E-state index is 0.108. The molecule has 0 heterocycles. The summed E-state index contributed by atoms with van der Waals surface area (Å²) in [5, 5.41) is 8.90. The molecule has 0 aliphatic heterocycles. The Morgan fingerprint density at radius 1 is 1.22 bits per heavy atom. The Labute approximate surface area is 105 Å². The van der Waals surface area contributed by atoms with Crippen LogP contribution in [0.1, 0.15) is 44.7 Å². The lowest BCUT2D eigenvalue weighted by molar-refractivity contribution is -0.274. The van der Waals surface area contributed by atoms with Crippen molar-refractivity contribution in [3.05, 3.63) is 29.3 Å². The van der Waals surface area contributed by atoms with Gasteiger partial charge in [-0.25, -0.2) is 0 Å². The molecule has 0 atom stereocenters. The van der Waals surface area contributed by atoms with Gasteiger partial charge in [0.25, 0.3) is 0 Å². The zero-order valence-corrected chi connectivity index (χ0v) is 11.0. The van der Waals surface area contributed by atoms with Crippen LogP contribution >= 0.6 is 0 Å². The second-order valence-electron chi connectivity index (χ2n) is 3.73. The number of hydrogen-bond donors (Lipinski definition) is 1. The molecule has 1 rings (SSSR count). The van der Waals surface area contributed by atoms with Crippen LogP contribution in [0.25, 0.3) is 0 Å². The molecule has 1 N–H and O–H groups in total.